The first kappa shape index (κ1) is 16.9. The molecule has 0 bridgehead atoms. The number of nitrogens with two attached hydrogens (primary N) is 1. The van der Waals surface area contributed by atoms with Crippen LogP contribution in [0.15, 0.2) is 23.1 Å². The molecule has 3 N–H and O–H groups in total. The van der Waals surface area contributed by atoms with Crippen LogP contribution in [-0.2, 0) is 21.2 Å². The summed E-state index contributed by atoms with van der Waals surface area (Å²) in [6, 6.07) is 4.84. The lowest BCUT2D eigenvalue weighted by Crippen LogP contribution is -2.36. The maximum Gasteiger partial charge on any atom is 0.243 e. The van der Waals surface area contributed by atoms with E-state index in [4.69, 9.17) is 10.5 Å². The van der Waals surface area contributed by atoms with Gasteiger partial charge >= 0.3 is 0 Å². The number of sulfonamides is 1. The van der Waals surface area contributed by atoms with Crippen LogP contribution in [0.4, 0.5) is 5.69 Å². The Morgan fingerprint density at radius 1 is 1.45 bits per heavy atom. The number of nitrogens with zero attached hydrogens (tertiary/aromatic N) is 1. The summed E-state index contributed by atoms with van der Waals surface area (Å²) in [4.78, 5) is 0.187. The Hall–Kier alpha value is -1.15. The highest BCUT2D eigenvalue weighted by atomic mass is 32.2. The monoisotopic (exact) mass is 302 g/mol. The summed E-state index contributed by atoms with van der Waals surface area (Å²) in [6.07, 6.45) is -0.283. The van der Waals surface area contributed by atoms with E-state index in [1.54, 1.807) is 12.1 Å². The van der Waals surface area contributed by atoms with Gasteiger partial charge in [0.05, 0.1) is 17.6 Å². The third-order valence-electron chi connectivity index (χ3n) is 2.99. The van der Waals surface area contributed by atoms with E-state index in [1.807, 2.05) is 6.92 Å². The SMILES string of the molecule is CCc1ccc(N)cc1S(=O)(=O)N(C)CC(O)COC. The molecule has 114 valence electrons. The highest BCUT2D eigenvalue weighted by molar-refractivity contribution is 7.89. The largest absolute Gasteiger partial charge is 0.399 e. The van der Waals surface area contributed by atoms with Crippen molar-refractivity contribution in [1.29, 1.82) is 0 Å². The van der Waals surface area contributed by atoms with Crippen LogP contribution in [0, 0.1) is 0 Å². The standard InChI is InChI=1S/C13H22N2O4S/c1-4-10-5-6-11(14)7-13(10)20(17,18)15(2)8-12(16)9-19-3/h5-7,12,16H,4,8-9,14H2,1-3H3. The molecule has 0 aliphatic carbocycles. The normalized spacial score (nSPS) is 13.7. The minimum atomic E-state index is -3.68. The van der Waals surface area contributed by atoms with E-state index >= 15 is 0 Å². The van der Waals surface area contributed by atoms with E-state index in [9.17, 15) is 13.5 Å². The Bertz CT molecular complexity index is 545. The van der Waals surface area contributed by atoms with Crippen molar-refractivity contribution in [2.45, 2.75) is 24.3 Å². The molecule has 0 spiro atoms. The smallest absolute Gasteiger partial charge is 0.243 e. The third kappa shape index (κ3) is 3.92. The number of methoxy groups -OCH3 is 1. The van der Waals surface area contributed by atoms with Gasteiger partial charge in [-0.05, 0) is 24.1 Å². The zero-order chi connectivity index (χ0) is 15.3. The Kier molecular flexibility index (Phi) is 5.94. The highest BCUT2D eigenvalue weighted by Crippen LogP contribution is 2.22. The molecular formula is C13H22N2O4S. The first-order chi connectivity index (χ1) is 9.32. The number of aliphatic hydroxyl groups excluding tert-OH is 1. The van der Waals surface area contributed by atoms with Gasteiger partial charge in [-0.1, -0.05) is 13.0 Å². The van der Waals surface area contributed by atoms with Gasteiger partial charge in [-0.15, -0.1) is 0 Å². The molecule has 0 aliphatic rings. The number of aryl methyl sites for hydroxylation is 1. The zero-order valence-electron chi connectivity index (χ0n) is 12.0. The second-order valence-electron chi connectivity index (χ2n) is 4.62. The van der Waals surface area contributed by atoms with Gasteiger partial charge in [0.1, 0.15) is 0 Å². The van der Waals surface area contributed by atoms with Gasteiger partial charge in [-0.25, -0.2) is 8.42 Å². The van der Waals surface area contributed by atoms with Gasteiger partial charge in [0.25, 0.3) is 0 Å². The number of ether oxygens (including phenoxy) is 1. The van der Waals surface area contributed by atoms with Crippen LogP contribution < -0.4 is 5.73 Å². The molecule has 0 amide bonds. The second kappa shape index (κ2) is 7.03. The van der Waals surface area contributed by atoms with Crippen LogP contribution >= 0.6 is 0 Å². The third-order valence-corrected chi connectivity index (χ3v) is 4.89. The molecule has 0 heterocycles. The lowest BCUT2D eigenvalue weighted by molar-refractivity contribution is 0.0554. The summed E-state index contributed by atoms with van der Waals surface area (Å²) in [7, 11) is -0.803. The fourth-order valence-corrected chi connectivity index (χ4v) is 3.44. The maximum atomic E-state index is 12.5. The lowest BCUT2D eigenvalue weighted by atomic mass is 10.1. The molecule has 7 heteroatoms. The second-order valence-corrected chi connectivity index (χ2v) is 6.63. The molecule has 20 heavy (non-hydrogen) atoms. The number of aliphatic hydroxyl groups is 1. The maximum absolute atomic E-state index is 12.5. The molecule has 0 saturated carbocycles. The van der Waals surface area contributed by atoms with E-state index in [2.05, 4.69) is 0 Å². The summed E-state index contributed by atoms with van der Waals surface area (Å²) in [5, 5.41) is 9.66. The van der Waals surface area contributed by atoms with Gasteiger partial charge < -0.3 is 15.6 Å². The average Bonchev–Trinajstić information content (AvgIpc) is 2.38. The highest BCUT2D eigenvalue weighted by Gasteiger charge is 2.25. The number of nitrogen functional groups attached to an aromatic ring is 1. The van der Waals surface area contributed by atoms with Crippen molar-refractivity contribution in [1.82, 2.24) is 4.31 Å². The van der Waals surface area contributed by atoms with Crippen molar-refractivity contribution in [2.75, 3.05) is 33.0 Å². The van der Waals surface area contributed by atoms with Gasteiger partial charge in [0.2, 0.25) is 10.0 Å². The molecule has 6 nitrogen and oxygen atoms in total. The van der Waals surface area contributed by atoms with Crippen molar-refractivity contribution >= 4 is 15.7 Å². The Morgan fingerprint density at radius 3 is 2.65 bits per heavy atom. The summed E-state index contributed by atoms with van der Waals surface area (Å²) in [5.41, 5.74) is 6.77. The van der Waals surface area contributed by atoms with Crippen LogP contribution in [0.2, 0.25) is 0 Å². The lowest BCUT2D eigenvalue weighted by Gasteiger charge is -2.21. The molecule has 1 unspecified atom stereocenters. The molecule has 1 rings (SSSR count). The van der Waals surface area contributed by atoms with Crippen molar-refractivity contribution in [2.24, 2.45) is 0 Å². The summed E-state index contributed by atoms with van der Waals surface area (Å²) >= 11 is 0. The van der Waals surface area contributed by atoms with Crippen LogP contribution in [0.3, 0.4) is 0 Å². The first-order valence-electron chi connectivity index (χ1n) is 6.34. The van der Waals surface area contributed by atoms with E-state index in [-0.39, 0.29) is 18.0 Å². The molecule has 1 aromatic carbocycles. The summed E-state index contributed by atoms with van der Waals surface area (Å²) in [5.74, 6) is 0. The van der Waals surface area contributed by atoms with E-state index in [0.29, 0.717) is 17.7 Å². The van der Waals surface area contributed by atoms with Crippen molar-refractivity contribution in [3.63, 3.8) is 0 Å². The number of anilines is 1. The fourth-order valence-electron chi connectivity index (χ4n) is 1.91. The summed E-state index contributed by atoms with van der Waals surface area (Å²) < 4.78 is 31.0. The van der Waals surface area contributed by atoms with Crippen molar-refractivity contribution in [3.8, 4) is 0 Å². The number of likely N-dealkylation sites (N-methyl/N-ethyl adjacent to an activating group) is 1. The molecule has 1 aromatic rings. The van der Waals surface area contributed by atoms with Crippen LogP contribution in [0.25, 0.3) is 0 Å². The van der Waals surface area contributed by atoms with Gasteiger partial charge in [0.15, 0.2) is 0 Å². The number of rotatable bonds is 7. The number of benzene rings is 1. The van der Waals surface area contributed by atoms with Crippen molar-refractivity contribution in [3.05, 3.63) is 23.8 Å². The van der Waals surface area contributed by atoms with Crippen LogP contribution in [0.1, 0.15) is 12.5 Å². The number of hydrogen-bond acceptors (Lipinski definition) is 5. The Morgan fingerprint density at radius 2 is 2.10 bits per heavy atom. The topological polar surface area (TPSA) is 92.9 Å². The fraction of sp³-hybridized carbons (Fsp3) is 0.538. The molecule has 0 saturated heterocycles. The van der Waals surface area contributed by atoms with Gasteiger partial charge in [0, 0.05) is 26.4 Å². The minimum absolute atomic E-state index is 0.0336. The minimum Gasteiger partial charge on any atom is -0.399 e. The van der Waals surface area contributed by atoms with Gasteiger partial charge in [-0.3, -0.25) is 0 Å². The van der Waals surface area contributed by atoms with E-state index in [1.165, 1.54) is 20.2 Å². The molecule has 0 aromatic heterocycles. The van der Waals surface area contributed by atoms with E-state index in [0.717, 1.165) is 4.31 Å². The molecular weight excluding hydrogens is 280 g/mol. The molecule has 0 fully saturated rings. The Balaban J connectivity index is 3.07. The average molecular weight is 302 g/mol. The first-order valence-corrected chi connectivity index (χ1v) is 7.78. The Labute approximate surface area is 120 Å². The van der Waals surface area contributed by atoms with Crippen LogP contribution in [0.5, 0.6) is 0 Å². The molecule has 1 atom stereocenters. The van der Waals surface area contributed by atoms with E-state index < -0.39 is 16.1 Å². The quantitative estimate of drug-likeness (QED) is 0.714. The predicted octanol–water partition coefficient (Wildman–Crippen LogP) is 0.459. The number of hydrogen-bond donors (Lipinski definition) is 2. The predicted molar refractivity (Wildman–Crippen MR) is 77.9 cm³/mol. The zero-order valence-corrected chi connectivity index (χ0v) is 12.9. The molecule has 0 aliphatic heterocycles. The van der Waals surface area contributed by atoms with Gasteiger partial charge in [-0.2, -0.15) is 4.31 Å². The van der Waals surface area contributed by atoms with Crippen molar-refractivity contribution < 1.29 is 18.3 Å². The molecule has 0 radical (unpaired) electrons. The summed E-state index contributed by atoms with van der Waals surface area (Å²) in [6.45, 7) is 1.93. The van der Waals surface area contributed by atoms with Crippen LogP contribution in [-0.4, -0.2) is 51.2 Å².